The molecule has 1 aromatic carbocycles. The van der Waals surface area contributed by atoms with Crippen molar-refractivity contribution in [3.63, 3.8) is 0 Å². The Morgan fingerprint density at radius 2 is 2.00 bits per heavy atom. The van der Waals surface area contributed by atoms with Crippen molar-refractivity contribution in [3.05, 3.63) is 29.0 Å². The second-order valence-electron chi connectivity index (χ2n) is 3.92. The van der Waals surface area contributed by atoms with Gasteiger partial charge in [-0.25, -0.2) is 17.5 Å². The van der Waals surface area contributed by atoms with Crippen molar-refractivity contribution >= 4 is 34.0 Å². The summed E-state index contributed by atoms with van der Waals surface area (Å²) in [6.07, 6.45) is 0. The Labute approximate surface area is 124 Å². The Kier molecular flexibility index (Phi) is 7.85. The summed E-state index contributed by atoms with van der Waals surface area (Å²) in [7, 11) is -3.73. The van der Waals surface area contributed by atoms with Gasteiger partial charge in [-0.1, -0.05) is 18.5 Å². The van der Waals surface area contributed by atoms with Gasteiger partial charge in [-0.05, 0) is 31.7 Å². The summed E-state index contributed by atoms with van der Waals surface area (Å²) in [5, 5.41) is 3.12. The van der Waals surface area contributed by atoms with Crippen LogP contribution in [0.4, 0.5) is 4.39 Å². The van der Waals surface area contributed by atoms with E-state index in [2.05, 4.69) is 10.0 Å². The van der Waals surface area contributed by atoms with Crippen molar-refractivity contribution in [3.8, 4) is 0 Å². The molecule has 0 bridgehead atoms. The average molecular weight is 331 g/mol. The zero-order valence-corrected chi connectivity index (χ0v) is 13.0. The van der Waals surface area contributed by atoms with Gasteiger partial charge < -0.3 is 5.32 Å². The molecule has 0 spiro atoms. The van der Waals surface area contributed by atoms with Crippen molar-refractivity contribution in [2.24, 2.45) is 0 Å². The minimum Gasteiger partial charge on any atom is -0.313 e. The van der Waals surface area contributed by atoms with E-state index in [1.165, 1.54) is 6.07 Å². The van der Waals surface area contributed by atoms with Crippen LogP contribution in [-0.2, 0) is 10.0 Å². The van der Waals surface area contributed by atoms with Gasteiger partial charge in [0.05, 0.1) is 4.90 Å². The third-order valence-corrected chi connectivity index (χ3v) is 3.90. The van der Waals surface area contributed by atoms with E-state index in [0.717, 1.165) is 18.7 Å². The fourth-order valence-electron chi connectivity index (χ4n) is 1.42. The number of benzene rings is 1. The van der Waals surface area contributed by atoms with Gasteiger partial charge in [0, 0.05) is 17.6 Å². The van der Waals surface area contributed by atoms with Crippen LogP contribution in [-0.4, -0.2) is 27.5 Å². The normalized spacial score (nSPS) is 12.8. The lowest BCUT2D eigenvalue weighted by atomic mass is 10.3. The highest BCUT2D eigenvalue weighted by atomic mass is 35.5. The maximum Gasteiger partial charge on any atom is 0.240 e. The van der Waals surface area contributed by atoms with Crippen LogP contribution >= 0.6 is 24.0 Å². The predicted molar refractivity (Wildman–Crippen MR) is 77.0 cm³/mol. The second-order valence-corrected chi connectivity index (χ2v) is 6.12. The van der Waals surface area contributed by atoms with Gasteiger partial charge >= 0.3 is 0 Å². The summed E-state index contributed by atoms with van der Waals surface area (Å²) in [5.74, 6) is -0.678. The molecule has 1 rings (SSSR count). The SMILES string of the molecule is CCN[C@H](C)CNS(=O)(=O)c1cc(F)cc(Cl)c1.Cl. The molecule has 0 saturated carbocycles. The minimum atomic E-state index is -3.73. The van der Waals surface area contributed by atoms with Crippen LogP contribution in [0.25, 0.3) is 0 Å². The molecule has 0 aliphatic heterocycles. The molecule has 0 saturated heterocycles. The number of likely N-dealkylation sites (N-methyl/N-ethyl adjacent to an activating group) is 1. The minimum absolute atomic E-state index is 0. The monoisotopic (exact) mass is 330 g/mol. The fraction of sp³-hybridized carbons (Fsp3) is 0.455. The zero-order valence-electron chi connectivity index (χ0n) is 10.6. The lowest BCUT2D eigenvalue weighted by molar-refractivity contribution is 0.535. The molecule has 0 fully saturated rings. The van der Waals surface area contributed by atoms with E-state index in [9.17, 15) is 12.8 Å². The van der Waals surface area contributed by atoms with Gasteiger partial charge in [-0.15, -0.1) is 12.4 Å². The molecule has 0 aliphatic carbocycles. The fourth-order valence-corrected chi connectivity index (χ4v) is 2.89. The van der Waals surface area contributed by atoms with E-state index in [0.29, 0.717) is 0 Å². The number of rotatable bonds is 6. The van der Waals surface area contributed by atoms with Crippen molar-refractivity contribution in [2.75, 3.05) is 13.1 Å². The van der Waals surface area contributed by atoms with Crippen LogP contribution in [0.15, 0.2) is 23.1 Å². The molecule has 110 valence electrons. The third-order valence-electron chi connectivity index (χ3n) is 2.28. The number of halogens is 3. The first-order valence-electron chi connectivity index (χ1n) is 5.54. The summed E-state index contributed by atoms with van der Waals surface area (Å²) >= 11 is 5.62. The number of hydrogen-bond donors (Lipinski definition) is 2. The first kappa shape index (κ1) is 18.6. The highest BCUT2D eigenvalue weighted by Crippen LogP contribution is 2.17. The number of nitrogens with one attached hydrogen (secondary N) is 2. The second kappa shape index (κ2) is 8.01. The Hall–Kier alpha value is -0.400. The van der Waals surface area contributed by atoms with Crippen LogP contribution in [0.2, 0.25) is 5.02 Å². The zero-order chi connectivity index (χ0) is 13.8. The van der Waals surface area contributed by atoms with E-state index in [1.54, 1.807) is 0 Å². The number of sulfonamides is 1. The molecule has 19 heavy (non-hydrogen) atoms. The van der Waals surface area contributed by atoms with Gasteiger partial charge in [0.2, 0.25) is 10.0 Å². The van der Waals surface area contributed by atoms with Crippen molar-refractivity contribution < 1.29 is 12.8 Å². The first-order chi connectivity index (χ1) is 8.35. The van der Waals surface area contributed by atoms with Gasteiger partial charge in [-0.3, -0.25) is 0 Å². The molecule has 0 heterocycles. The van der Waals surface area contributed by atoms with Gasteiger partial charge in [0.15, 0.2) is 0 Å². The van der Waals surface area contributed by atoms with E-state index in [1.807, 2.05) is 13.8 Å². The van der Waals surface area contributed by atoms with Crippen LogP contribution in [0.5, 0.6) is 0 Å². The average Bonchev–Trinajstić information content (AvgIpc) is 2.26. The van der Waals surface area contributed by atoms with E-state index in [4.69, 9.17) is 11.6 Å². The highest BCUT2D eigenvalue weighted by Gasteiger charge is 2.16. The molecular formula is C11H17Cl2FN2O2S. The van der Waals surface area contributed by atoms with Crippen LogP contribution in [0.1, 0.15) is 13.8 Å². The summed E-state index contributed by atoms with van der Waals surface area (Å²) in [6.45, 7) is 4.75. The third kappa shape index (κ3) is 6.05. The molecule has 8 heteroatoms. The molecular weight excluding hydrogens is 314 g/mol. The lowest BCUT2D eigenvalue weighted by Crippen LogP contribution is -2.38. The Morgan fingerprint density at radius 1 is 1.37 bits per heavy atom. The maximum absolute atomic E-state index is 13.1. The van der Waals surface area contributed by atoms with E-state index in [-0.39, 0.29) is 34.9 Å². The van der Waals surface area contributed by atoms with Crippen LogP contribution in [0.3, 0.4) is 0 Å². The van der Waals surface area contributed by atoms with E-state index >= 15 is 0 Å². The Bertz CT molecular complexity index is 491. The quantitative estimate of drug-likeness (QED) is 0.840. The molecule has 1 atom stereocenters. The summed E-state index contributed by atoms with van der Waals surface area (Å²) in [5.41, 5.74) is 0. The summed E-state index contributed by atoms with van der Waals surface area (Å²) in [4.78, 5) is -0.170. The van der Waals surface area contributed by atoms with Crippen molar-refractivity contribution in [2.45, 2.75) is 24.8 Å². The molecule has 0 unspecified atom stereocenters. The predicted octanol–water partition coefficient (Wildman–Crippen LogP) is 2.18. The largest absolute Gasteiger partial charge is 0.313 e. The van der Waals surface area contributed by atoms with E-state index < -0.39 is 15.8 Å². The van der Waals surface area contributed by atoms with Crippen molar-refractivity contribution in [1.29, 1.82) is 0 Å². The van der Waals surface area contributed by atoms with Gasteiger partial charge in [-0.2, -0.15) is 0 Å². The summed E-state index contributed by atoms with van der Waals surface area (Å²) in [6, 6.07) is 3.20. The lowest BCUT2D eigenvalue weighted by Gasteiger charge is -2.13. The Morgan fingerprint density at radius 3 is 2.53 bits per heavy atom. The highest BCUT2D eigenvalue weighted by molar-refractivity contribution is 7.89. The molecule has 2 N–H and O–H groups in total. The first-order valence-corrected chi connectivity index (χ1v) is 7.40. The van der Waals surface area contributed by atoms with Gasteiger partial charge in [0.1, 0.15) is 5.82 Å². The molecule has 0 aromatic heterocycles. The van der Waals surface area contributed by atoms with Crippen molar-refractivity contribution in [1.82, 2.24) is 10.0 Å². The molecule has 0 aliphatic rings. The summed E-state index contributed by atoms with van der Waals surface area (Å²) < 4.78 is 39.2. The van der Waals surface area contributed by atoms with Crippen LogP contribution in [0, 0.1) is 5.82 Å². The molecule has 1 aromatic rings. The van der Waals surface area contributed by atoms with Crippen LogP contribution < -0.4 is 10.0 Å². The standard InChI is InChI=1S/C11H16ClFN2O2S.ClH/c1-3-14-8(2)7-15-18(16,17)11-5-9(12)4-10(13)6-11;/h4-6,8,14-15H,3,7H2,1-2H3;1H/t8-;/m1./s1. The molecule has 4 nitrogen and oxygen atoms in total. The topological polar surface area (TPSA) is 58.2 Å². The smallest absolute Gasteiger partial charge is 0.240 e. The number of hydrogen-bond acceptors (Lipinski definition) is 3. The van der Waals surface area contributed by atoms with Gasteiger partial charge in [0.25, 0.3) is 0 Å². The molecule has 0 amide bonds. The molecule has 0 radical (unpaired) electrons. The maximum atomic E-state index is 13.1. The Balaban J connectivity index is 0.00000324.